The number of aryl methyl sites for hydroxylation is 1. The molecule has 1 aromatic carbocycles. The van der Waals surface area contributed by atoms with Gasteiger partial charge in [-0.15, -0.1) is 10.2 Å². The lowest BCUT2D eigenvalue weighted by Crippen LogP contribution is -2.07. The predicted octanol–water partition coefficient (Wildman–Crippen LogP) is 3.22. The molecule has 0 saturated heterocycles. The highest BCUT2D eigenvalue weighted by atomic mass is 32.1. The number of benzene rings is 1. The van der Waals surface area contributed by atoms with E-state index in [-0.39, 0.29) is 12.0 Å². The third-order valence-electron chi connectivity index (χ3n) is 3.50. The summed E-state index contributed by atoms with van der Waals surface area (Å²) in [6, 6.07) is 3.91. The molecule has 6 nitrogen and oxygen atoms in total. The Kier molecular flexibility index (Phi) is 4.80. The Balaban J connectivity index is 1.78. The van der Waals surface area contributed by atoms with Crippen molar-refractivity contribution in [3.05, 3.63) is 34.3 Å². The minimum absolute atomic E-state index is 0.164. The van der Waals surface area contributed by atoms with Gasteiger partial charge < -0.3 is 9.47 Å². The van der Waals surface area contributed by atoms with Crippen molar-refractivity contribution in [1.82, 2.24) is 10.2 Å². The van der Waals surface area contributed by atoms with E-state index in [0.29, 0.717) is 11.7 Å². The van der Waals surface area contributed by atoms with Crippen molar-refractivity contribution >= 4 is 28.5 Å². The predicted molar refractivity (Wildman–Crippen MR) is 93.7 cm³/mol. The minimum atomic E-state index is -0.261. The number of nitrogens with one attached hydrogen (secondary N) is 1. The molecule has 1 atom stereocenters. The Morgan fingerprint density at radius 2 is 2.33 bits per heavy atom. The van der Waals surface area contributed by atoms with Gasteiger partial charge in [0.25, 0.3) is 0 Å². The number of hydrogen-bond donors (Lipinski definition) is 1. The average molecular weight is 345 g/mol. The maximum atomic E-state index is 12.0. The molecule has 1 unspecified atom stereocenters. The summed E-state index contributed by atoms with van der Waals surface area (Å²) in [6.07, 6.45) is 4.22. The van der Waals surface area contributed by atoms with Crippen LogP contribution in [0.4, 0.5) is 5.13 Å². The number of ether oxygens (including phenoxy) is 2. The zero-order valence-electron chi connectivity index (χ0n) is 13.8. The second-order valence-corrected chi connectivity index (χ2v) is 6.69. The van der Waals surface area contributed by atoms with Crippen molar-refractivity contribution in [2.24, 2.45) is 0 Å². The van der Waals surface area contributed by atoms with Crippen LogP contribution < -0.4 is 14.8 Å². The second-order valence-electron chi connectivity index (χ2n) is 5.51. The molecule has 0 radical (unpaired) electrons. The zero-order valence-corrected chi connectivity index (χ0v) is 14.6. The van der Waals surface area contributed by atoms with Crippen molar-refractivity contribution in [3.8, 4) is 11.5 Å². The fourth-order valence-electron chi connectivity index (χ4n) is 2.53. The molecular weight excluding hydrogens is 326 g/mol. The van der Waals surface area contributed by atoms with Gasteiger partial charge >= 0.3 is 0 Å². The topological polar surface area (TPSA) is 73.3 Å². The third kappa shape index (κ3) is 3.73. The van der Waals surface area contributed by atoms with E-state index in [9.17, 15) is 4.79 Å². The summed E-state index contributed by atoms with van der Waals surface area (Å²) in [4.78, 5) is 12.0. The smallest absolute Gasteiger partial charge is 0.250 e. The van der Waals surface area contributed by atoms with Gasteiger partial charge in [0.15, 0.2) is 0 Å². The van der Waals surface area contributed by atoms with E-state index >= 15 is 0 Å². The average Bonchev–Trinajstić information content (AvgIpc) is 3.09. The molecule has 7 heteroatoms. The SMILES string of the molecule is CCOc1cc2c(cc1/C=C/C(=O)Nc1nnc(C)s1)OC(C)C2. The molecule has 1 aliphatic heterocycles. The standard InChI is InChI=1S/C17H19N3O3S/c1-4-22-14-9-13-7-10(2)23-15(13)8-12(14)5-6-16(21)18-17-20-19-11(3)24-17/h5-6,8-10H,4,7H2,1-3H3,(H,18,20,21)/b6-5+. The number of rotatable bonds is 5. The van der Waals surface area contributed by atoms with E-state index in [1.807, 2.05) is 32.9 Å². The van der Waals surface area contributed by atoms with E-state index in [2.05, 4.69) is 15.5 Å². The van der Waals surface area contributed by atoms with Gasteiger partial charge in [0.1, 0.15) is 22.6 Å². The summed E-state index contributed by atoms with van der Waals surface area (Å²) in [5, 5.41) is 11.7. The first-order chi connectivity index (χ1) is 11.5. The first-order valence-electron chi connectivity index (χ1n) is 7.80. The Morgan fingerprint density at radius 3 is 3.04 bits per heavy atom. The fraction of sp³-hybridized carbons (Fsp3) is 0.353. The number of carbonyl (C=O) groups is 1. The highest BCUT2D eigenvalue weighted by Gasteiger charge is 2.21. The summed E-state index contributed by atoms with van der Waals surface area (Å²) in [6.45, 7) is 6.37. The molecule has 0 aliphatic carbocycles. The normalized spacial score (nSPS) is 16.0. The number of aromatic nitrogens is 2. The zero-order chi connectivity index (χ0) is 17.1. The van der Waals surface area contributed by atoms with Gasteiger partial charge in [-0.05, 0) is 39.0 Å². The molecule has 1 aliphatic rings. The Hall–Kier alpha value is -2.41. The van der Waals surface area contributed by atoms with Crippen LogP contribution in [0.2, 0.25) is 0 Å². The first kappa shape index (κ1) is 16.4. The largest absolute Gasteiger partial charge is 0.493 e. The second kappa shape index (κ2) is 7.00. The number of carbonyl (C=O) groups excluding carboxylic acids is 1. The van der Waals surface area contributed by atoms with Gasteiger partial charge in [-0.1, -0.05) is 11.3 Å². The molecule has 0 fully saturated rings. The number of nitrogens with zero attached hydrogens (tertiary/aromatic N) is 2. The number of anilines is 1. The van der Waals surface area contributed by atoms with E-state index in [0.717, 1.165) is 34.1 Å². The van der Waals surface area contributed by atoms with Crippen molar-refractivity contribution in [1.29, 1.82) is 0 Å². The molecule has 0 saturated carbocycles. The molecule has 1 amide bonds. The number of fused-ring (bicyclic) bond motifs is 1. The highest BCUT2D eigenvalue weighted by molar-refractivity contribution is 7.15. The van der Waals surface area contributed by atoms with Gasteiger partial charge in [-0.3, -0.25) is 10.1 Å². The van der Waals surface area contributed by atoms with Crippen LogP contribution in [-0.4, -0.2) is 28.8 Å². The van der Waals surface area contributed by atoms with E-state index in [4.69, 9.17) is 9.47 Å². The summed E-state index contributed by atoms with van der Waals surface area (Å²) < 4.78 is 11.5. The molecule has 1 N–H and O–H groups in total. The van der Waals surface area contributed by atoms with E-state index < -0.39 is 0 Å². The molecule has 2 heterocycles. The lowest BCUT2D eigenvalue weighted by atomic mass is 10.1. The molecule has 2 aromatic rings. The monoisotopic (exact) mass is 345 g/mol. The minimum Gasteiger partial charge on any atom is -0.493 e. The Morgan fingerprint density at radius 1 is 1.50 bits per heavy atom. The molecule has 24 heavy (non-hydrogen) atoms. The van der Waals surface area contributed by atoms with Crippen LogP contribution in [0.15, 0.2) is 18.2 Å². The van der Waals surface area contributed by atoms with E-state index in [1.54, 1.807) is 6.08 Å². The molecule has 126 valence electrons. The number of hydrogen-bond acceptors (Lipinski definition) is 6. The molecule has 0 bridgehead atoms. The van der Waals surface area contributed by atoms with Crippen LogP contribution in [0.25, 0.3) is 6.08 Å². The summed E-state index contributed by atoms with van der Waals surface area (Å²) >= 11 is 1.33. The van der Waals surface area contributed by atoms with Gasteiger partial charge in [0.2, 0.25) is 11.0 Å². The van der Waals surface area contributed by atoms with Crippen molar-refractivity contribution in [2.45, 2.75) is 33.3 Å². The maximum absolute atomic E-state index is 12.0. The highest BCUT2D eigenvalue weighted by Crippen LogP contribution is 2.35. The molecule has 1 aromatic heterocycles. The van der Waals surface area contributed by atoms with Crippen LogP contribution in [0.5, 0.6) is 11.5 Å². The maximum Gasteiger partial charge on any atom is 0.250 e. The fourth-order valence-corrected chi connectivity index (χ4v) is 3.12. The summed E-state index contributed by atoms with van der Waals surface area (Å²) in [7, 11) is 0. The van der Waals surface area contributed by atoms with Crippen LogP contribution in [0.3, 0.4) is 0 Å². The van der Waals surface area contributed by atoms with Gasteiger partial charge in [-0.2, -0.15) is 0 Å². The van der Waals surface area contributed by atoms with Gasteiger partial charge in [0.05, 0.1) is 6.61 Å². The third-order valence-corrected chi connectivity index (χ3v) is 4.25. The Bertz CT molecular complexity index is 785. The quantitative estimate of drug-likeness (QED) is 0.842. The molecule has 0 spiro atoms. The Labute approximate surface area is 144 Å². The van der Waals surface area contributed by atoms with Gasteiger partial charge in [-0.25, -0.2) is 0 Å². The summed E-state index contributed by atoms with van der Waals surface area (Å²) in [5.74, 6) is 1.35. The first-order valence-corrected chi connectivity index (χ1v) is 8.62. The van der Waals surface area contributed by atoms with Crippen molar-refractivity contribution < 1.29 is 14.3 Å². The van der Waals surface area contributed by atoms with Crippen LogP contribution in [-0.2, 0) is 11.2 Å². The lowest BCUT2D eigenvalue weighted by Gasteiger charge is -2.10. The molecular formula is C17H19N3O3S. The molecule has 3 rings (SSSR count). The number of amides is 1. The van der Waals surface area contributed by atoms with Crippen LogP contribution in [0.1, 0.15) is 30.0 Å². The van der Waals surface area contributed by atoms with Crippen LogP contribution in [0, 0.1) is 6.92 Å². The lowest BCUT2D eigenvalue weighted by molar-refractivity contribution is -0.111. The van der Waals surface area contributed by atoms with Crippen molar-refractivity contribution in [3.63, 3.8) is 0 Å². The van der Waals surface area contributed by atoms with Crippen LogP contribution >= 0.6 is 11.3 Å². The van der Waals surface area contributed by atoms with Crippen molar-refractivity contribution in [2.75, 3.05) is 11.9 Å². The van der Waals surface area contributed by atoms with Gasteiger partial charge in [0, 0.05) is 23.6 Å². The summed E-state index contributed by atoms with van der Waals surface area (Å²) in [5.41, 5.74) is 1.95. The van der Waals surface area contributed by atoms with E-state index in [1.165, 1.54) is 17.4 Å².